The molecule has 0 atom stereocenters. The highest BCUT2D eigenvalue weighted by Gasteiger charge is 2.19. The monoisotopic (exact) mass is 322 g/mol. The van der Waals surface area contributed by atoms with Crippen molar-refractivity contribution in [1.82, 2.24) is 10.3 Å². The molecule has 118 valence electrons. The van der Waals surface area contributed by atoms with Gasteiger partial charge in [-0.05, 0) is 31.0 Å². The van der Waals surface area contributed by atoms with Crippen LogP contribution in [0.3, 0.4) is 0 Å². The van der Waals surface area contributed by atoms with E-state index in [4.69, 9.17) is 11.6 Å². The zero-order valence-corrected chi connectivity index (χ0v) is 13.3. The van der Waals surface area contributed by atoms with Crippen LogP contribution in [0.5, 0.6) is 0 Å². The lowest BCUT2D eigenvalue weighted by molar-refractivity contribution is -0.125. The molecule has 6 heteroatoms. The van der Waals surface area contributed by atoms with Crippen LogP contribution in [-0.4, -0.2) is 22.0 Å². The predicted molar refractivity (Wildman–Crippen MR) is 86.2 cm³/mol. The van der Waals surface area contributed by atoms with E-state index in [1.807, 2.05) is 13.8 Å². The Kier molecular flexibility index (Phi) is 5.08. The zero-order valence-electron chi connectivity index (χ0n) is 12.6. The van der Waals surface area contributed by atoms with Crippen LogP contribution in [0.25, 0.3) is 10.9 Å². The molecule has 1 aromatic heterocycles. The molecule has 5 nitrogen and oxygen atoms in total. The van der Waals surface area contributed by atoms with E-state index in [0.717, 1.165) is 18.2 Å². The van der Waals surface area contributed by atoms with Gasteiger partial charge >= 0.3 is 5.97 Å². The van der Waals surface area contributed by atoms with E-state index in [1.54, 1.807) is 18.2 Å². The number of H-pyrrole nitrogens is 1. The molecule has 1 amide bonds. The second-order valence-corrected chi connectivity index (χ2v) is 5.64. The molecule has 0 bridgehead atoms. The van der Waals surface area contributed by atoms with Gasteiger partial charge in [0, 0.05) is 34.0 Å². The van der Waals surface area contributed by atoms with E-state index in [9.17, 15) is 14.7 Å². The summed E-state index contributed by atoms with van der Waals surface area (Å²) in [5.74, 6) is -1.17. The van der Waals surface area contributed by atoms with Crippen molar-refractivity contribution in [3.63, 3.8) is 0 Å². The third-order valence-corrected chi connectivity index (χ3v) is 4.11. The van der Waals surface area contributed by atoms with Crippen molar-refractivity contribution in [2.75, 3.05) is 0 Å². The molecule has 0 aliphatic heterocycles. The van der Waals surface area contributed by atoms with Crippen molar-refractivity contribution >= 4 is 34.4 Å². The Balaban J connectivity index is 2.33. The van der Waals surface area contributed by atoms with E-state index >= 15 is 0 Å². The number of hydrogen-bond acceptors (Lipinski definition) is 2. The van der Waals surface area contributed by atoms with Gasteiger partial charge in [-0.3, -0.25) is 4.79 Å². The summed E-state index contributed by atoms with van der Waals surface area (Å²) < 4.78 is 0. The van der Waals surface area contributed by atoms with E-state index in [1.165, 1.54) is 0 Å². The average molecular weight is 323 g/mol. The van der Waals surface area contributed by atoms with Crippen molar-refractivity contribution in [1.29, 1.82) is 0 Å². The first-order chi connectivity index (χ1) is 10.5. The first-order valence-electron chi connectivity index (χ1n) is 7.29. The SMILES string of the molecule is CCC(CC)C(=O)NCc1c(C(=O)O)[nH]c2ccc(Cl)cc12. The summed E-state index contributed by atoms with van der Waals surface area (Å²) in [5.41, 5.74) is 1.32. The van der Waals surface area contributed by atoms with Gasteiger partial charge in [-0.25, -0.2) is 4.79 Å². The summed E-state index contributed by atoms with van der Waals surface area (Å²) in [6.07, 6.45) is 1.52. The van der Waals surface area contributed by atoms with E-state index in [0.29, 0.717) is 16.1 Å². The van der Waals surface area contributed by atoms with Crippen LogP contribution in [-0.2, 0) is 11.3 Å². The van der Waals surface area contributed by atoms with Crippen LogP contribution in [0.4, 0.5) is 0 Å². The quantitative estimate of drug-likeness (QED) is 0.760. The van der Waals surface area contributed by atoms with Crippen LogP contribution < -0.4 is 5.32 Å². The van der Waals surface area contributed by atoms with Crippen LogP contribution in [0.1, 0.15) is 42.7 Å². The van der Waals surface area contributed by atoms with E-state index < -0.39 is 5.97 Å². The lowest BCUT2D eigenvalue weighted by atomic mass is 10.0. The molecule has 0 saturated heterocycles. The summed E-state index contributed by atoms with van der Waals surface area (Å²) in [4.78, 5) is 26.3. The second-order valence-electron chi connectivity index (χ2n) is 5.20. The van der Waals surface area contributed by atoms with Gasteiger partial charge in [0.2, 0.25) is 5.91 Å². The maximum atomic E-state index is 12.1. The number of aromatic carboxylic acids is 1. The number of hydrogen-bond donors (Lipinski definition) is 3. The molecular formula is C16H19ClN2O3. The van der Waals surface area contributed by atoms with Gasteiger partial charge in [-0.2, -0.15) is 0 Å². The molecular weight excluding hydrogens is 304 g/mol. The fraction of sp³-hybridized carbons (Fsp3) is 0.375. The van der Waals surface area contributed by atoms with Gasteiger partial charge in [-0.1, -0.05) is 25.4 Å². The van der Waals surface area contributed by atoms with Crippen molar-refractivity contribution in [2.24, 2.45) is 5.92 Å². The molecule has 0 aliphatic rings. The Morgan fingerprint density at radius 3 is 2.59 bits per heavy atom. The third kappa shape index (κ3) is 3.25. The van der Waals surface area contributed by atoms with Gasteiger partial charge in [0.1, 0.15) is 5.69 Å². The number of fused-ring (bicyclic) bond motifs is 1. The zero-order chi connectivity index (χ0) is 16.3. The number of carbonyl (C=O) groups is 2. The normalized spacial score (nSPS) is 11.1. The van der Waals surface area contributed by atoms with Crippen molar-refractivity contribution < 1.29 is 14.7 Å². The lowest BCUT2D eigenvalue weighted by Crippen LogP contribution is -2.30. The number of aromatic nitrogens is 1. The highest BCUT2D eigenvalue weighted by molar-refractivity contribution is 6.31. The number of carbonyl (C=O) groups excluding carboxylic acids is 1. The fourth-order valence-corrected chi connectivity index (χ4v) is 2.74. The number of benzene rings is 1. The number of halogens is 1. The molecule has 2 aromatic rings. The molecule has 0 unspecified atom stereocenters. The van der Waals surface area contributed by atoms with Crippen molar-refractivity contribution in [2.45, 2.75) is 33.2 Å². The third-order valence-electron chi connectivity index (χ3n) is 3.88. The van der Waals surface area contributed by atoms with Gasteiger partial charge in [0.25, 0.3) is 0 Å². The lowest BCUT2D eigenvalue weighted by Gasteiger charge is -2.12. The molecule has 0 fully saturated rings. The minimum absolute atomic E-state index is 0.0536. The Labute approximate surface area is 133 Å². The molecule has 1 heterocycles. The number of carboxylic acid groups (broad SMARTS) is 1. The maximum absolute atomic E-state index is 12.1. The molecule has 0 saturated carbocycles. The molecule has 1 aromatic carbocycles. The standard InChI is InChI=1S/C16H19ClN2O3/c1-3-9(4-2)15(20)18-8-12-11-7-10(17)5-6-13(11)19-14(12)16(21)22/h5-7,9,19H,3-4,8H2,1-2H3,(H,18,20)(H,21,22). The van der Waals surface area contributed by atoms with Crippen LogP contribution in [0.15, 0.2) is 18.2 Å². The van der Waals surface area contributed by atoms with Crippen LogP contribution >= 0.6 is 11.6 Å². The Morgan fingerprint density at radius 1 is 1.32 bits per heavy atom. The largest absolute Gasteiger partial charge is 0.477 e. The average Bonchev–Trinajstić information content (AvgIpc) is 2.84. The first kappa shape index (κ1) is 16.4. The Bertz CT molecular complexity index is 705. The molecule has 22 heavy (non-hydrogen) atoms. The number of nitrogens with one attached hydrogen (secondary N) is 2. The number of rotatable bonds is 6. The smallest absolute Gasteiger partial charge is 0.352 e. The fourth-order valence-electron chi connectivity index (χ4n) is 2.57. The summed E-state index contributed by atoms with van der Waals surface area (Å²) in [5, 5.41) is 13.4. The first-order valence-corrected chi connectivity index (χ1v) is 7.66. The second kappa shape index (κ2) is 6.83. The van der Waals surface area contributed by atoms with Crippen LogP contribution in [0, 0.1) is 5.92 Å². The van der Waals surface area contributed by atoms with Gasteiger partial charge < -0.3 is 15.4 Å². The Hall–Kier alpha value is -2.01. The minimum Gasteiger partial charge on any atom is -0.477 e. The highest BCUT2D eigenvalue weighted by atomic mass is 35.5. The number of aromatic amines is 1. The number of amides is 1. The van der Waals surface area contributed by atoms with E-state index in [2.05, 4.69) is 10.3 Å². The summed E-state index contributed by atoms with van der Waals surface area (Å²) in [6, 6.07) is 5.13. The van der Waals surface area contributed by atoms with Crippen molar-refractivity contribution in [3.8, 4) is 0 Å². The van der Waals surface area contributed by atoms with Crippen molar-refractivity contribution in [3.05, 3.63) is 34.5 Å². The molecule has 0 radical (unpaired) electrons. The van der Waals surface area contributed by atoms with Crippen LogP contribution in [0.2, 0.25) is 5.02 Å². The summed E-state index contributed by atoms with van der Waals surface area (Å²) in [6.45, 7) is 4.08. The summed E-state index contributed by atoms with van der Waals surface area (Å²) >= 11 is 5.99. The molecule has 0 aliphatic carbocycles. The number of carboxylic acids is 1. The van der Waals surface area contributed by atoms with Gasteiger partial charge in [0.15, 0.2) is 0 Å². The predicted octanol–water partition coefficient (Wildman–Crippen LogP) is 3.57. The summed E-state index contributed by atoms with van der Waals surface area (Å²) in [7, 11) is 0. The van der Waals surface area contributed by atoms with Gasteiger partial charge in [0.05, 0.1) is 0 Å². The molecule has 2 rings (SSSR count). The van der Waals surface area contributed by atoms with Gasteiger partial charge in [-0.15, -0.1) is 0 Å². The molecule has 3 N–H and O–H groups in total. The van der Waals surface area contributed by atoms with E-state index in [-0.39, 0.29) is 24.1 Å². The minimum atomic E-state index is -1.06. The highest BCUT2D eigenvalue weighted by Crippen LogP contribution is 2.26. The molecule has 0 spiro atoms. The topological polar surface area (TPSA) is 82.2 Å². The maximum Gasteiger partial charge on any atom is 0.352 e. The Morgan fingerprint density at radius 2 is 2.00 bits per heavy atom.